The first-order chi connectivity index (χ1) is 24.7. The molecule has 0 amide bonds. The molecule has 50 heavy (non-hydrogen) atoms. The topological polar surface area (TPSA) is 75.1 Å². The van der Waals surface area contributed by atoms with Gasteiger partial charge < -0.3 is 10.4 Å². The van der Waals surface area contributed by atoms with Gasteiger partial charge in [0.1, 0.15) is 0 Å². The summed E-state index contributed by atoms with van der Waals surface area (Å²) in [5.74, 6) is -1.21. The second-order valence-corrected chi connectivity index (χ2v) is 14.2. The molecule has 1 aromatic carbocycles. The third kappa shape index (κ3) is 19.8. The molecule has 0 spiro atoms. The van der Waals surface area contributed by atoms with Gasteiger partial charge in [-0.05, 0) is 86.7 Å². The molecule has 2 atom stereocenters. The summed E-state index contributed by atoms with van der Waals surface area (Å²) < 4.78 is 0. The molecule has 0 fully saturated rings. The van der Waals surface area contributed by atoms with E-state index in [0.717, 1.165) is 50.6 Å². The number of hydrogen-bond donors (Lipinski definition) is 2. The zero-order chi connectivity index (χ0) is 35.2. The number of aliphatic carboxylic acids is 1. The largest absolute Gasteiger partial charge is 0.481 e. The highest BCUT2D eigenvalue weighted by Gasteiger charge is 2.29. The second kappa shape index (κ2) is 28.4. The third-order valence-corrected chi connectivity index (χ3v) is 9.97. The van der Waals surface area contributed by atoms with Gasteiger partial charge in [0, 0.05) is 30.8 Å². The maximum absolute atomic E-state index is 12.5. The summed E-state index contributed by atoms with van der Waals surface area (Å²) in [5, 5.41) is 13.9. The van der Waals surface area contributed by atoms with Crippen LogP contribution >= 0.6 is 0 Å². The zero-order valence-electron chi connectivity index (χ0n) is 31.0. The van der Waals surface area contributed by atoms with Crippen molar-refractivity contribution >= 4 is 5.97 Å². The number of nitrogens with zero attached hydrogens (tertiary/aromatic N) is 2. The molecule has 0 aliphatic carbocycles. The van der Waals surface area contributed by atoms with Gasteiger partial charge in [-0.3, -0.25) is 14.8 Å². The SMILES string of the molecule is O=C(O)C(c1ccccc1)C(CCCCCCCCCC=CCCc1cccnc1)NCCCCCCCCCCCCCc1cccnc1. The van der Waals surface area contributed by atoms with Gasteiger partial charge in [0.25, 0.3) is 0 Å². The van der Waals surface area contributed by atoms with E-state index in [0.29, 0.717) is 0 Å². The van der Waals surface area contributed by atoms with Gasteiger partial charge >= 0.3 is 5.97 Å². The van der Waals surface area contributed by atoms with E-state index in [1.165, 1.54) is 120 Å². The van der Waals surface area contributed by atoms with E-state index in [4.69, 9.17) is 0 Å². The number of carboxylic acid groups (broad SMARTS) is 1. The zero-order valence-corrected chi connectivity index (χ0v) is 31.0. The van der Waals surface area contributed by atoms with Crippen LogP contribution in [-0.4, -0.2) is 33.6 Å². The Morgan fingerprint density at radius 1 is 0.580 bits per heavy atom. The Bertz CT molecular complexity index is 1230. The lowest BCUT2D eigenvalue weighted by Gasteiger charge is -2.26. The minimum absolute atomic E-state index is 0.0239. The first-order valence-corrected chi connectivity index (χ1v) is 20.2. The summed E-state index contributed by atoms with van der Waals surface area (Å²) in [6, 6.07) is 18.2. The molecule has 0 radical (unpaired) electrons. The number of unbranched alkanes of at least 4 members (excludes halogenated alkanes) is 17. The van der Waals surface area contributed by atoms with Crippen LogP contribution in [0.2, 0.25) is 0 Å². The summed E-state index contributed by atoms with van der Waals surface area (Å²) in [4.78, 5) is 20.9. The lowest BCUT2D eigenvalue weighted by Crippen LogP contribution is -2.39. The average molecular weight is 682 g/mol. The fraction of sp³-hybridized carbons (Fsp3) is 0.578. The monoisotopic (exact) mass is 682 g/mol. The molecule has 3 rings (SSSR count). The lowest BCUT2D eigenvalue weighted by molar-refractivity contribution is -0.139. The number of carbonyl (C=O) groups is 1. The van der Waals surface area contributed by atoms with Gasteiger partial charge in [0.15, 0.2) is 0 Å². The highest BCUT2D eigenvalue weighted by molar-refractivity contribution is 5.77. The van der Waals surface area contributed by atoms with Gasteiger partial charge in [0.05, 0.1) is 5.92 Å². The molecule has 2 unspecified atom stereocenters. The molecule has 2 N–H and O–H groups in total. The quantitative estimate of drug-likeness (QED) is 0.0522. The summed E-state index contributed by atoms with van der Waals surface area (Å²) >= 11 is 0. The minimum atomic E-state index is -0.715. The van der Waals surface area contributed by atoms with Gasteiger partial charge in [-0.1, -0.05) is 151 Å². The van der Waals surface area contributed by atoms with E-state index in [9.17, 15) is 9.90 Å². The predicted molar refractivity (Wildman–Crippen MR) is 211 cm³/mol. The van der Waals surface area contributed by atoms with Gasteiger partial charge in [0.2, 0.25) is 0 Å². The molecule has 5 heteroatoms. The van der Waals surface area contributed by atoms with Gasteiger partial charge in [-0.25, -0.2) is 0 Å². The number of carboxylic acids is 1. The highest BCUT2D eigenvalue weighted by atomic mass is 16.4. The molecule has 0 saturated carbocycles. The Hall–Kier alpha value is -3.31. The molecule has 0 saturated heterocycles. The molecular formula is C45H67N3O2. The Balaban J connectivity index is 1.20. The second-order valence-electron chi connectivity index (χ2n) is 14.2. The van der Waals surface area contributed by atoms with Crippen molar-refractivity contribution < 1.29 is 9.90 Å². The smallest absolute Gasteiger partial charge is 0.312 e. The molecular weight excluding hydrogens is 615 g/mol. The van der Waals surface area contributed by atoms with Crippen molar-refractivity contribution in [2.24, 2.45) is 0 Å². The molecule has 0 aliphatic heterocycles. The van der Waals surface area contributed by atoms with Gasteiger partial charge in [-0.15, -0.1) is 0 Å². The Labute approximate surface area is 304 Å². The highest BCUT2D eigenvalue weighted by Crippen LogP contribution is 2.25. The van der Waals surface area contributed by atoms with Crippen LogP contribution in [0.3, 0.4) is 0 Å². The maximum Gasteiger partial charge on any atom is 0.312 e. The van der Waals surface area contributed by atoms with E-state index < -0.39 is 11.9 Å². The van der Waals surface area contributed by atoms with Crippen molar-refractivity contribution in [1.82, 2.24) is 15.3 Å². The van der Waals surface area contributed by atoms with E-state index in [1.807, 2.05) is 67.3 Å². The van der Waals surface area contributed by atoms with Crippen molar-refractivity contribution in [3.05, 3.63) is 108 Å². The summed E-state index contributed by atoms with van der Waals surface area (Å²) in [5.41, 5.74) is 3.58. The fourth-order valence-corrected chi connectivity index (χ4v) is 7.01. The van der Waals surface area contributed by atoms with E-state index in [1.54, 1.807) is 0 Å². The Morgan fingerprint density at radius 2 is 1.10 bits per heavy atom. The third-order valence-electron chi connectivity index (χ3n) is 9.97. The number of rotatable bonds is 31. The van der Waals surface area contributed by atoms with Crippen LogP contribution in [0.4, 0.5) is 0 Å². The first kappa shape index (κ1) is 41.1. The summed E-state index contributed by atoms with van der Waals surface area (Å²) in [6.45, 7) is 0.901. The number of benzene rings is 1. The number of aromatic nitrogens is 2. The van der Waals surface area contributed by atoms with E-state index in [-0.39, 0.29) is 6.04 Å². The van der Waals surface area contributed by atoms with Crippen LogP contribution in [-0.2, 0) is 17.6 Å². The number of nitrogens with one attached hydrogen (secondary N) is 1. The summed E-state index contributed by atoms with van der Waals surface area (Å²) in [7, 11) is 0. The van der Waals surface area contributed by atoms with Crippen LogP contribution in [0.1, 0.15) is 157 Å². The molecule has 274 valence electrons. The first-order valence-electron chi connectivity index (χ1n) is 20.2. The van der Waals surface area contributed by atoms with E-state index >= 15 is 0 Å². The van der Waals surface area contributed by atoms with Crippen LogP contribution in [0, 0.1) is 0 Å². The molecule has 2 aromatic heterocycles. The van der Waals surface area contributed by atoms with E-state index in [2.05, 4.69) is 39.6 Å². The molecule has 5 nitrogen and oxygen atoms in total. The van der Waals surface area contributed by atoms with Crippen LogP contribution in [0.5, 0.6) is 0 Å². The van der Waals surface area contributed by atoms with Crippen LogP contribution < -0.4 is 5.32 Å². The average Bonchev–Trinajstić information content (AvgIpc) is 3.14. The number of hydrogen-bond acceptors (Lipinski definition) is 4. The van der Waals surface area contributed by atoms with Crippen LogP contribution in [0.25, 0.3) is 0 Å². The maximum atomic E-state index is 12.5. The van der Waals surface area contributed by atoms with Crippen molar-refractivity contribution in [3.63, 3.8) is 0 Å². The fourth-order valence-electron chi connectivity index (χ4n) is 7.01. The molecule has 0 bridgehead atoms. The molecule has 2 heterocycles. The molecule has 0 aliphatic rings. The van der Waals surface area contributed by atoms with Crippen molar-refractivity contribution in [3.8, 4) is 0 Å². The Morgan fingerprint density at radius 3 is 1.68 bits per heavy atom. The number of allylic oxidation sites excluding steroid dienone is 2. The van der Waals surface area contributed by atoms with Crippen molar-refractivity contribution in [1.29, 1.82) is 0 Å². The van der Waals surface area contributed by atoms with Crippen molar-refractivity contribution in [2.75, 3.05) is 6.54 Å². The normalized spacial score (nSPS) is 12.7. The standard InChI is InChI=1S/C45H67N3O2/c49-45(50)44(42-32-22-19-23-33-42)43(34-24-17-13-9-5-1-3-7-11-15-20-28-40-30-26-35-46-38-40)48-37-25-18-14-10-6-2-4-8-12-16-21-29-41-31-27-36-47-39-41/h11,15,19,22-23,26-27,30-33,35-36,38-39,43-44,48H,1-10,12-14,16-18,20-21,24-25,28-29,34,37H2,(H,49,50). The predicted octanol–water partition coefficient (Wildman–Crippen LogP) is 11.8. The molecule has 3 aromatic rings. The van der Waals surface area contributed by atoms with Crippen LogP contribution in [0.15, 0.2) is 91.5 Å². The Kier molecular flexibility index (Phi) is 23.3. The number of aryl methyl sites for hydroxylation is 2. The minimum Gasteiger partial charge on any atom is -0.481 e. The van der Waals surface area contributed by atoms with Crippen molar-refractivity contribution in [2.45, 2.75) is 160 Å². The lowest BCUT2D eigenvalue weighted by atomic mass is 9.88. The number of pyridine rings is 2. The summed E-state index contributed by atoms with van der Waals surface area (Å²) in [6.07, 6.45) is 40.6. The van der Waals surface area contributed by atoms with Gasteiger partial charge in [-0.2, -0.15) is 0 Å².